The first-order valence-corrected chi connectivity index (χ1v) is 20.1. The van der Waals surface area contributed by atoms with Gasteiger partial charge < -0.3 is 10.6 Å². The van der Waals surface area contributed by atoms with Gasteiger partial charge in [0, 0.05) is 42.4 Å². The molecule has 270 valence electrons. The Balaban J connectivity index is 0.000000160. The van der Waals surface area contributed by atoms with Crippen LogP contribution in [0.15, 0.2) is 156 Å². The van der Waals surface area contributed by atoms with Crippen molar-refractivity contribution in [2.45, 2.75) is 25.9 Å². The highest BCUT2D eigenvalue weighted by Gasteiger charge is 2.19. The molecule has 11 heteroatoms. The Hall–Kier alpha value is -6.06. The summed E-state index contributed by atoms with van der Waals surface area (Å²) in [6.07, 6.45) is 11.0. The van der Waals surface area contributed by atoms with Crippen molar-refractivity contribution < 1.29 is 0 Å². The van der Waals surface area contributed by atoms with Crippen LogP contribution in [0.4, 0.5) is 11.6 Å². The molecule has 2 unspecified atom stereocenters. The molecule has 0 spiro atoms. The summed E-state index contributed by atoms with van der Waals surface area (Å²) in [7, 11) is 0. The lowest BCUT2D eigenvalue weighted by molar-refractivity contribution is 0.870. The maximum Gasteiger partial charge on any atom is 0.157 e. The van der Waals surface area contributed by atoms with E-state index in [1.165, 1.54) is 11.1 Å². The van der Waals surface area contributed by atoms with Gasteiger partial charge in [0.15, 0.2) is 11.3 Å². The number of fused-ring (bicyclic) bond motifs is 2. The topological polar surface area (TPSA) is 84.4 Å². The van der Waals surface area contributed by atoms with E-state index >= 15 is 0 Å². The first-order chi connectivity index (χ1) is 27.0. The standard InChI is InChI=1S/C26H20N4S.C18H15BrN4S/c1-19(21-10-6-3-7-11-21)28-26-25(29-24-18-27-16-17-30(24)26)23-15-14-22(31-23)13-12-20-8-4-2-5-9-20;1-12(13-5-3-2-4-6-13)21-18-17(14-7-8-15(19)24-14)22-16-11-20-9-10-23(16)18/h2-11,14-19,28H,1H3;2-12,21H,1H3. The number of nitrogens with zero attached hydrogens (tertiary/aromatic N) is 6. The molecule has 0 aliphatic heterocycles. The lowest BCUT2D eigenvalue weighted by atomic mass is 10.1. The minimum absolute atomic E-state index is 0.130. The number of imidazole rings is 2. The second-order valence-corrected chi connectivity index (χ2v) is 16.2. The summed E-state index contributed by atoms with van der Waals surface area (Å²) in [5.74, 6) is 8.44. The average molecular weight is 820 g/mol. The molecular weight excluding hydrogens is 785 g/mol. The van der Waals surface area contributed by atoms with E-state index in [2.05, 4.69) is 138 Å². The van der Waals surface area contributed by atoms with Crippen molar-refractivity contribution >= 4 is 61.5 Å². The molecule has 9 aromatic rings. The monoisotopic (exact) mass is 818 g/mol. The van der Waals surface area contributed by atoms with Crippen LogP contribution in [0.5, 0.6) is 0 Å². The lowest BCUT2D eigenvalue weighted by Crippen LogP contribution is -2.09. The molecule has 0 amide bonds. The predicted molar refractivity (Wildman–Crippen MR) is 230 cm³/mol. The molecular formula is C44H35BrN8S2. The SMILES string of the molecule is CC(Nc1c(-c2ccc(Br)s2)nc2cnccn12)c1ccccc1.CC(Nc1c(-c2ccc(C#Cc3ccccc3)s2)nc2cnccn12)c1ccccc1. The Bertz CT molecular complexity index is 2730. The second-order valence-electron chi connectivity index (χ2n) is 12.7. The Morgan fingerprint density at radius 3 is 1.58 bits per heavy atom. The minimum Gasteiger partial charge on any atom is -0.363 e. The third kappa shape index (κ3) is 8.22. The van der Waals surface area contributed by atoms with Gasteiger partial charge in [0.2, 0.25) is 0 Å². The second kappa shape index (κ2) is 16.5. The predicted octanol–water partition coefficient (Wildman–Crippen LogP) is 11.4. The van der Waals surface area contributed by atoms with Gasteiger partial charge in [-0.25, -0.2) is 9.97 Å². The summed E-state index contributed by atoms with van der Waals surface area (Å²) in [6.45, 7) is 4.31. The molecule has 0 radical (unpaired) electrons. The van der Waals surface area contributed by atoms with Crippen molar-refractivity contribution in [3.63, 3.8) is 0 Å². The van der Waals surface area contributed by atoms with Gasteiger partial charge in [-0.1, -0.05) is 90.7 Å². The van der Waals surface area contributed by atoms with Crippen LogP contribution < -0.4 is 10.6 Å². The van der Waals surface area contributed by atoms with Crippen LogP contribution >= 0.6 is 38.6 Å². The molecule has 0 saturated carbocycles. The van der Waals surface area contributed by atoms with E-state index in [1.54, 1.807) is 47.5 Å². The maximum atomic E-state index is 4.86. The number of hydrogen-bond donors (Lipinski definition) is 2. The van der Waals surface area contributed by atoms with E-state index < -0.39 is 0 Å². The number of nitrogens with one attached hydrogen (secondary N) is 2. The molecule has 9 rings (SSSR count). The summed E-state index contributed by atoms with van der Waals surface area (Å²) in [5, 5.41) is 7.28. The molecule has 3 aromatic carbocycles. The number of rotatable bonds is 8. The quantitative estimate of drug-likeness (QED) is 0.149. The summed E-state index contributed by atoms with van der Waals surface area (Å²) in [6, 6.07) is 39.4. The first-order valence-electron chi connectivity index (χ1n) is 17.7. The third-order valence-corrected chi connectivity index (χ3v) is 11.6. The average Bonchev–Trinajstić information content (AvgIpc) is 4.04. The van der Waals surface area contributed by atoms with Crippen molar-refractivity contribution in [3.8, 4) is 33.0 Å². The molecule has 0 aliphatic rings. The van der Waals surface area contributed by atoms with E-state index in [0.717, 1.165) is 58.3 Å². The molecule has 55 heavy (non-hydrogen) atoms. The fourth-order valence-electron chi connectivity index (χ4n) is 6.12. The van der Waals surface area contributed by atoms with E-state index in [9.17, 15) is 0 Å². The number of thiophene rings is 2. The van der Waals surface area contributed by atoms with Gasteiger partial charge >= 0.3 is 0 Å². The van der Waals surface area contributed by atoms with Crippen LogP contribution in [0.1, 0.15) is 47.5 Å². The zero-order valence-corrected chi connectivity index (χ0v) is 33.2. The van der Waals surface area contributed by atoms with Crippen LogP contribution in [-0.2, 0) is 0 Å². The van der Waals surface area contributed by atoms with Crippen molar-refractivity contribution in [3.05, 3.63) is 178 Å². The minimum atomic E-state index is 0.130. The van der Waals surface area contributed by atoms with Crippen molar-refractivity contribution in [1.29, 1.82) is 0 Å². The van der Waals surface area contributed by atoms with E-state index in [-0.39, 0.29) is 12.1 Å². The van der Waals surface area contributed by atoms with Gasteiger partial charge in [-0.05, 0) is 77.3 Å². The van der Waals surface area contributed by atoms with Gasteiger partial charge in [0.25, 0.3) is 0 Å². The van der Waals surface area contributed by atoms with E-state index in [1.807, 2.05) is 60.9 Å². The smallest absolute Gasteiger partial charge is 0.157 e. The van der Waals surface area contributed by atoms with Gasteiger partial charge in [-0.3, -0.25) is 18.8 Å². The van der Waals surface area contributed by atoms with Crippen LogP contribution in [0.2, 0.25) is 0 Å². The summed E-state index contributed by atoms with van der Waals surface area (Å²) >= 11 is 6.86. The third-order valence-electron chi connectivity index (χ3n) is 8.92. The van der Waals surface area contributed by atoms with Crippen molar-refractivity contribution in [2.75, 3.05) is 10.6 Å². The Morgan fingerprint density at radius 2 is 1.07 bits per heavy atom. The van der Waals surface area contributed by atoms with Gasteiger partial charge in [0.1, 0.15) is 23.0 Å². The van der Waals surface area contributed by atoms with Crippen LogP contribution in [0.25, 0.3) is 32.4 Å². The fraction of sp³-hybridized carbons (Fsp3) is 0.0909. The highest BCUT2D eigenvalue weighted by Crippen LogP contribution is 2.38. The van der Waals surface area contributed by atoms with E-state index in [4.69, 9.17) is 9.97 Å². The highest BCUT2D eigenvalue weighted by molar-refractivity contribution is 9.11. The maximum absolute atomic E-state index is 4.86. The number of benzene rings is 3. The normalized spacial score (nSPS) is 12.0. The molecule has 0 aliphatic carbocycles. The molecule has 2 N–H and O–H groups in total. The molecule has 0 fully saturated rings. The molecule has 6 aromatic heterocycles. The number of halogens is 1. The number of anilines is 2. The number of aromatic nitrogens is 6. The van der Waals surface area contributed by atoms with Gasteiger partial charge in [-0.2, -0.15) is 0 Å². The lowest BCUT2D eigenvalue weighted by Gasteiger charge is -2.16. The first kappa shape index (κ1) is 35.9. The highest BCUT2D eigenvalue weighted by atomic mass is 79.9. The number of hydrogen-bond acceptors (Lipinski definition) is 8. The Morgan fingerprint density at radius 1 is 0.582 bits per heavy atom. The van der Waals surface area contributed by atoms with Crippen molar-refractivity contribution in [2.24, 2.45) is 0 Å². The zero-order chi connectivity index (χ0) is 37.6. The molecule has 2 atom stereocenters. The molecule has 0 saturated heterocycles. The molecule has 8 nitrogen and oxygen atoms in total. The Kier molecular flexibility index (Phi) is 10.8. The molecule has 6 heterocycles. The summed E-state index contributed by atoms with van der Waals surface area (Å²) < 4.78 is 5.20. The van der Waals surface area contributed by atoms with Crippen LogP contribution in [-0.4, -0.2) is 28.7 Å². The summed E-state index contributed by atoms with van der Waals surface area (Å²) in [4.78, 5) is 21.3. The largest absolute Gasteiger partial charge is 0.363 e. The molecule has 0 bridgehead atoms. The van der Waals surface area contributed by atoms with E-state index in [0.29, 0.717) is 0 Å². The van der Waals surface area contributed by atoms with Gasteiger partial charge in [0.05, 0.1) is 30.8 Å². The summed E-state index contributed by atoms with van der Waals surface area (Å²) in [5.41, 5.74) is 6.97. The van der Waals surface area contributed by atoms with Crippen LogP contribution in [0.3, 0.4) is 0 Å². The Labute approximate surface area is 335 Å². The fourth-order valence-corrected chi connectivity index (χ4v) is 8.35. The van der Waals surface area contributed by atoms with Crippen molar-refractivity contribution in [1.82, 2.24) is 28.7 Å². The van der Waals surface area contributed by atoms with Gasteiger partial charge in [-0.15, -0.1) is 22.7 Å². The van der Waals surface area contributed by atoms with Crippen LogP contribution in [0, 0.1) is 11.8 Å². The zero-order valence-electron chi connectivity index (χ0n) is 30.0.